The van der Waals surface area contributed by atoms with E-state index in [4.69, 9.17) is 11.6 Å². The number of anilines is 1. The smallest absolute Gasteiger partial charge is 0.303 e. The Bertz CT molecular complexity index is 360. The largest absolute Gasteiger partial charge is 0.315 e. The van der Waals surface area contributed by atoms with E-state index in [2.05, 4.69) is 9.97 Å². The molecule has 76 valence electrons. The summed E-state index contributed by atoms with van der Waals surface area (Å²) in [5.41, 5.74) is 0. The maximum absolute atomic E-state index is 12.8. The third kappa shape index (κ3) is 2.56. The van der Waals surface area contributed by atoms with E-state index >= 15 is 0 Å². The van der Waals surface area contributed by atoms with Gasteiger partial charge in [0.25, 0.3) is 5.91 Å². The molecule has 0 saturated heterocycles. The highest BCUT2D eigenvalue weighted by atomic mass is 35.5. The van der Waals surface area contributed by atoms with Crippen LogP contribution in [0.15, 0.2) is 6.20 Å². The zero-order valence-corrected chi connectivity index (χ0v) is 7.23. The number of alkyl halides is 2. The molecule has 1 N–H and O–H groups in total. The average Bonchev–Trinajstić information content (AvgIpc) is 2.11. The van der Waals surface area contributed by atoms with Crippen LogP contribution in [0.25, 0.3) is 0 Å². The summed E-state index contributed by atoms with van der Waals surface area (Å²) < 4.78 is 36.2. The third-order valence-electron chi connectivity index (χ3n) is 1.15. The molecule has 0 fully saturated rings. The molecule has 0 aromatic carbocycles. The van der Waals surface area contributed by atoms with Gasteiger partial charge in [-0.15, -0.1) is 0 Å². The van der Waals surface area contributed by atoms with Crippen molar-refractivity contribution in [1.82, 2.24) is 9.97 Å². The van der Waals surface area contributed by atoms with E-state index in [0.717, 1.165) is 0 Å². The molecule has 1 aromatic heterocycles. The summed E-state index contributed by atoms with van der Waals surface area (Å²) >= 11 is 5.25. The van der Waals surface area contributed by atoms with Gasteiger partial charge in [-0.1, -0.05) is 0 Å². The van der Waals surface area contributed by atoms with Gasteiger partial charge in [-0.3, -0.25) is 4.79 Å². The van der Waals surface area contributed by atoms with Crippen molar-refractivity contribution in [3.8, 4) is 0 Å². The van der Waals surface area contributed by atoms with Crippen molar-refractivity contribution >= 4 is 23.3 Å². The van der Waals surface area contributed by atoms with E-state index in [0.29, 0.717) is 6.20 Å². The molecule has 1 aromatic rings. The van der Waals surface area contributed by atoms with Gasteiger partial charge in [-0.05, 0) is 11.6 Å². The van der Waals surface area contributed by atoms with Crippen LogP contribution < -0.4 is 5.32 Å². The van der Waals surface area contributed by atoms with Crippen LogP contribution in [-0.2, 0) is 4.79 Å². The van der Waals surface area contributed by atoms with E-state index < -0.39 is 24.0 Å². The minimum Gasteiger partial charge on any atom is -0.303 e. The molecule has 14 heavy (non-hydrogen) atoms. The molecule has 1 rings (SSSR count). The van der Waals surface area contributed by atoms with Crippen LogP contribution >= 0.6 is 11.6 Å². The molecule has 4 nitrogen and oxygen atoms in total. The molecule has 1 heterocycles. The SMILES string of the molecule is O=C(Nc1nc(Cl)ncc1F)C(F)F. The zero-order chi connectivity index (χ0) is 10.7. The second-order valence-corrected chi connectivity index (χ2v) is 2.46. The Morgan fingerprint density at radius 2 is 2.21 bits per heavy atom. The Morgan fingerprint density at radius 1 is 1.57 bits per heavy atom. The molecule has 0 aliphatic carbocycles. The summed E-state index contributed by atoms with van der Waals surface area (Å²) in [6.07, 6.45) is -2.58. The lowest BCUT2D eigenvalue weighted by atomic mass is 10.5. The first-order valence-electron chi connectivity index (χ1n) is 3.27. The van der Waals surface area contributed by atoms with Crippen molar-refractivity contribution in [2.24, 2.45) is 0 Å². The Hall–Kier alpha value is -1.37. The lowest BCUT2D eigenvalue weighted by Gasteiger charge is -2.03. The van der Waals surface area contributed by atoms with Gasteiger partial charge in [-0.2, -0.15) is 13.8 Å². The van der Waals surface area contributed by atoms with Crippen molar-refractivity contribution in [2.45, 2.75) is 6.43 Å². The van der Waals surface area contributed by atoms with Crippen LogP contribution in [0.4, 0.5) is 19.0 Å². The number of nitrogens with one attached hydrogen (secondary N) is 1. The third-order valence-corrected chi connectivity index (χ3v) is 1.34. The van der Waals surface area contributed by atoms with E-state index in [1.165, 1.54) is 0 Å². The van der Waals surface area contributed by atoms with Crippen molar-refractivity contribution in [2.75, 3.05) is 5.32 Å². The fraction of sp³-hybridized carbons (Fsp3) is 0.167. The minimum atomic E-state index is -3.25. The monoisotopic (exact) mass is 225 g/mol. The minimum absolute atomic E-state index is 0.351. The molecule has 0 saturated carbocycles. The maximum Gasteiger partial charge on any atom is 0.315 e. The lowest BCUT2D eigenvalue weighted by molar-refractivity contribution is -0.126. The molecule has 0 bridgehead atoms. The summed E-state index contributed by atoms with van der Waals surface area (Å²) in [4.78, 5) is 16.9. The van der Waals surface area contributed by atoms with E-state index in [1.807, 2.05) is 0 Å². The van der Waals surface area contributed by atoms with Gasteiger partial charge in [-0.25, -0.2) is 9.37 Å². The van der Waals surface area contributed by atoms with Gasteiger partial charge in [0.05, 0.1) is 6.20 Å². The number of rotatable bonds is 2. The predicted octanol–water partition coefficient (Wildman–Crippen LogP) is 1.47. The highest BCUT2D eigenvalue weighted by Gasteiger charge is 2.18. The number of carbonyl (C=O) groups is 1. The summed E-state index contributed by atoms with van der Waals surface area (Å²) in [5, 5.41) is 1.20. The van der Waals surface area contributed by atoms with Gasteiger partial charge in [0.1, 0.15) is 0 Å². The molecule has 0 unspecified atom stereocenters. The molecule has 8 heteroatoms. The molecule has 0 spiro atoms. The van der Waals surface area contributed by atoms with Gasteiger partial charge < -0.3 is 5.32 Å². The highest BCUT2D eigenvalue weighted by Crippen LogP contribution is 2.12. The number of amides is 1. The van der Waals surface area contributed by atoms with E-state index in [-0.39, 0.29) is 5.28 Å². The van der Waals surface area contributed by atoms with Crippen molar-refractivity contribution in [3.63, 3.8) is 0 Å². The first kappa shape index (κ1) is 10.7. The number of hydrogen-bond donors (Lipinski definition) is 1. The molecule has 0 aliphatic heterocycles. The van der Waals surface area contributed by atoms with Crippen LogP contribution in [0.3, 0.4) is 0 Å². The van der Waals surface area contributed by atoms with Gasteiger partial charge >= 0.3 is 6.43 Å². The number of nitrogens with zero attached hydrogens (tertiary/aromatic N) is 2. The first-order chi connectivity index (χ1) is 6.50. The summed E-state index contributed by atoms with van der Waals surface area (Å²) in [6.45, 7) is 0. The van der Waals surface area contributed by atoms with Crippen molar-refractivity contribution < 1.29 is 18.0 Å². The predicted molar refractivity (Wildman–Crippen MR) is 41.6 cm³/mol. The Labute approximate surface area is 81.1 Å². The van der Waals surface area contributed by atoms with Crippen molar-refractivity contribution in [3.05, 3.63) is 17.3 Å². The topological polar surface area (TPSA) is 54.9 Å². The van der Waals surface area contributed by atoms with Crippen LogP contribution in [0.2, 0.25) is 5.28 Å². The van der Waals surface area contributed by atoms with Gasteiger partial charge in [0, 0.05) is 0 Å². The molecule has 0 atom stereocenters. The molecule has 1 amide bonds. The summed E-state index contributed by atoms with van der Waals surface area (Å²) in [5.74, 6) is -3.36. The Balaban J connectivity index is 2.86. The Kier molecular flexibility index (Phi) is 3.23. The quantitative estimate of drug-likeness (QED) is 0.776. The standard InChI is InChI=1S/C6H3ClF3N3O/c7-6-11-1-2(8)4(13-6)12-5(14)3(9)10/h1,3H,(H,11,12,13,14). The second kappa shape index (κ2) is 4.23. The van der Waals surface area contributed by atoms with E-state index in [9.17, 15) is 18.0 Å². The second-order valence-electron chi connectivity index (χ2n) is 2.13. The van der Waals surface area contributed by atoms with Crippen molar-refractivity contribution in [1.29, 1.82) is 0 Å². The van der Waals surface area contributed by atoms with Crippen LogP contribution in [0.5, 0.6) is 0 Å². The molecular formula is C6H3ClF3N3O. The zero-order valence-electron chi connectivity index (χ0n) is 6.47. The lowest BCUT2D eigenvalue weighted by Crippen LogP contribution is -2.21. The number of halogens is 4. The highest BCUT2D eigenvalue weighted by molar-refractivity contribution is 6.28. The van der Waals surface area contributed by atoms with Gasteiger partial charge in [0.2, 0.25) is 5.28 Å². The fourth-order valence-electron chi connectivity index (χ4n) is 0.605. The number of hydrogen-bond acceptors (Lipinski definition) is 3. The Morgan fingerprint density at radius 3 is 2.79 bits per heavy atom. The van der Waals surface area contributed by atoms with E-state index in [1.54, 1.807) is 5.32 Å². The number of aromatic nitrogens is 2. The summed E-state index contributed by atoms with van der Waals surface area (Å²) in [7, 11) is 0. The molecule has 0 radical (unpaired) electrons. The first-order valence-corrected chi connectivity index (χ1v) is 3.65. The van der Waals surface area contributed by atoms with Gasteiger partial charge in [0.15, 0.2) is 11.6 Å². The normalized spacial score (nSPS) is 10.4. The van der Waals surface area contributed by atoms with Crippen LogP contribution in [0, 0.1) is 5.82 Å². The maximum atomic E-state index is 12.8. The fourth-order valence-corrected chi connectivity index (χ4v) is 0.738. The molecule has 0 aliphatic rings. The molecular weight excluding hydrogens is 223 g/mol. The van der Waals surface area contributed by atoms with Crippen LogP contribution in [-0.4, -0.2) is 22.3 Å². The van der Waals surface area contributed by atoms with Crippen LogP contribution in [0.1, 0.15) is 0 Å². The average molecular weight is 226 g/mol. The number of carbonyl (C=O) groups excluding carboxylic acids is 1. The summed E-state index contributed by atoms with van der Waals surface area (Å²) in [6, 6.07) is 0.